The van der Waals surface area contributed by atoms with E-state index in [2.05, 4.69) is 24.3 Å². The Hall–Kier alpha value is -1.57. The van der Waals surface area contributed by atoms with Gasteiger partial charge in [-0.1, -0.05) is 42.5 Å². The van der Waals surface area contributed by atoms with Crippen LogP contribution >= 0.6 is 0 Å². The van der Waals surface area contributed by atoms with Gasteiger partial charge in [0.15, 0.2) is 0 Å². The standard InChI is InChI=1S/C16H20O2/c1-16(2,3)18-15(17)14-11-13(14)10-9-12-7-5-4-6-8-12/h4-10,13-14H,11H2,1-3H3/b10-9+/t13-,14+/m0/s1. The minimum Gasteiger partial charge on any atom is -0.460 e. The van der Waals surface area contributed by atoms with Gasteiger partial charge in [-0.2, -0.15) is 0 Å². The Kier molecular flexibility index (Phi) is 3.55. The summed E-state index contributed by atoms with van der Waals surface area (Å²) in [6.07, 6.45) is 5.11. The average molecular weight is 244 g/mol. The van der Waals surface area contributed by atoms with Crippen molar-refractivity contribution in [2.75, 3.05) is 0 Å². The number of carbonyl (C=O) groups excluding carboxylic acids is 1. The van der Waals surface area contributed by atoms with E-state index in [1.807, 2.05) is 39.0 Å². The monoisotopic (exact) mass is 244 g/mol. The molecule has 1 aliphatic carbocycles. The lowest BCUT2D eigenvalue weighted by molar-refractivity contribution is -0.156. The molecule has 0 bridgehead atoms. The molecule has 0 aliphatic heterocycles. The topological polar surface area (TPSA) is 26.3 Å². The van der Waals surface area contributed by atoms with Crippen LogP contribution in [0.5, 0.6) is 0 Å². The van der Waals surface area contributed by atoms with Crippen LogP contribution in [-0.2, 0) is 9.53 Å². The van der Waals surface area contributed by atoms with Crippen LogP contribution in [0.4, 0.5) is 0 Å². The van der Waals surface area contributed by atoms with Gasteiger partial charge in [-0.05, 0) is 38.7 Å². The molecule has 96 valence electrons. The molecular weight excluding hydrogens is 224 g/mol. The third-order valence-corrected chi connectivity index (χ3v) is 2.88. The predicted octanol–water partition coefficient (Wildman–Crippen LogP) is 3.68. The zero-order chi connectivity index (χ0) is 13.2. The summed E-state index contributed by atoms with van der Waals surface area (Å²) in [5.41, 5.74) is 0.792. The van der Waals surface area contributed by atoms with Crippen molar-refractivity contribution in [3.63, 3.8) is 0 Å². The number of hydrogen-bond donors (Lipinski definition) is 0. The van der Waals surface area contributed by atoms with Crippen molar-refractivity contribution in [1.29, 1.82) is 0 Å². The second-order valence-corrected chi connectivity index (χ2v) is 5.81. The SMILES string of the molecule is CC(C)(C)OC(=O)[C@@H]1C[C@@H]1/C=C/c1ccccc1. The summed E-state index contributed by atoms with van der Waals surface area (Å²) >= 11 is 0. The van der Waals surface area contributed by atoms with Gasteiger partial charge in [0, 0.05) is 0 Å². The summed E-state index contributed by atoms with van der Waals surface area (Å²) in [6.45, 7) is 5.71. The maximum absolute atomic E-state index is 11.8. The first kappa shape index (κ1) is 12.9. The molecule has 0 N–H and O–H groups in total. The van der Waals surface area contributed by atoms with E-state index < -0.39 is 0 Å². The molecule has 0 saturated heterocycles. The Morgan fingerprint density at radius 3 is 2.56 bits per heavy atom. The van der Waals surface area contributed by atoms with Gasteiger partial charge in [-0.25, -0.2) is 0 Å². The fourth-order valence-corrected chi connectivity index (χ4v) is 1.87. The van der Waals surface area contributed by atoms with E-state index in [0.29, 0.717) is 5.92 Å². The molecular formula is C16H20O2. The summed E-state index contributed by atoms with van der Waals surface area (Å²) in [7, 11) is 0. The second-order valence-electron chi connectivity index (χ2n) is 5.81. The van der Waals surface area contributed by atoms with Crippen molar-refractivity contribution in [3.8, 4) is 0 Å². The molecule has 18 heavy (non-hydrogen) atoms. The molecule has 2 nitrogen and oxygen atoms in total. The van der Waals surface area contributed by atoms with Crippen LogP contribution in [0.25, 0.3) is 6.08 Å². The van der Waals surface area contributed by atoms with Crippen LogP contribution in [0.15, 0.2) is 36.4 Å². The normalized spacial score (nSPS) is 23.1. The van der Waals surface area contributed by atoms with Crippen LogP contribution in [0.3, 0.4) is 0 Å². The van der Waals surface area contributed by atoms with Crippen molar-refractivity contribution < 1.29 is 9.53 Å². The van der Waals surface area contributed by atoms with E-state index in [1.165, 1.54) is 5.56 Å². The average Bonchev–Trinajstić information content (AvgIpc) is 3.05. The molecule has 2 atom stereocenters. The van der Waals surface area contributed by atoms with Gasteiger partial charge in [0.1, 0.15) is 5.60 Å². The molecule has 1 fully saturated rings. The lowest BCUT2D eigenvalue weighted by Gasteiger charge is -2.19. The molecule has 0 amide bonds. The van der Waals surface area contributed by atoms with E-state index in [-0.39, 0.29) is 17.5 Å². The number of hydrogen-bond acceptors (Lipinski definition) is 2. The fraction of sp³-hybridized carbons (Fsp3) is 0.438. The fourth-order valence-electron chi connectivity index (χ4n) is 1.87. The van der Waals surface area contributed by atoms with Crippen LogP contribution < -0.4 is 0 Å². The number of rotatable bonds is 3. The third-order valence-electron chi connectivity index (χ3n) is 2.88. The van der Waals surface area contributed by atoms with E-state index >= 15 is 0 Å². The molecule has 2 rings (SSSR count). The van der Waals surface area contributed by atoms with E-state index in [9.17, 15) is 4.79 Å². The molecule has 0 aromatic heterocycles. The largest absolute Gasteiger partial charge is 0.460 e. The highest BCUT2D eigenvalue weighted by molar-refractivity contribution is 5.77. The summed E-state index contributed by atoms with van der Waals surface area (Å²) in [5, 5.41) is 0. The summed E-state index contributed by atoms with van der Waals surface area (Å²) in [4.78, 5) is 11.8. The molecule has 0 radical (unpaired) electrons. The van der Waals surface area contributed by atoms with Gasteiger partial charge in [0.05, 0.1) is 5.92 Å². The molecule has 0 spiro atoms. The van der Waals surface area contributed by atoms with E-state index in [0.717, 1.165) is 6.42 Å². The molecule has 1 aliphatic rings. The first-order valence-electron chi connectivity index (χ1n) is 6.42. The Bertz CT molecular complexity index is 440. The summed E-state index contributed by atoms with van der Waals surface area (Å²) in [6, 6.07) is 10.1. The maximum Gasteiger partial charge on any atom is 0.310 e. The Labute approximate surface area is 109 Å². The summed E-state index contributed by atoms with van der Waals surface area (Å²) in [5.74, 6) is 0.342. The number of benzene rings is 1. The van der Waals surface area contributed by atoms with Crippen molar-refractivity contribution in [3.05, 3.63) is 42.0 Å². The number of esters is 1. The maximum atomic E-state index is 11.8. The Morgan fingerprint density at radius 2 is 1.94 bits per heavy atom. The Balaban J connectivity index is 1.85. The minimum absolute atomic E-state index is 0.0594. The number of ether oxygens (including phenoxy) is 1. The minimum atomic E-state index is -0.382. The highest BCUT2D eigenvalue weighted by Gasteiger charge is 2.43. The quantitative estimate of drug-likeness (QED) is 0.758. The lowest BCUT2D eigenvalue weighted by Crippen LogP contribution is -2.25. The van der Waals surface area contributed by atoms with Gasteiger partial charge in [0.25, 0.3) is 0 Å². The van der Waals surface area contributed by atoms with Crippen molar-refractivity contribution >= 4 is 12.0 Å². The highest BCUT2D eigenvalue weighted by atomic mass is 16.6. The zero-order valence-corrected chi connectivity index (χ0v) is 11.2. The predicted molar refractivity (Wildman–Crippen MR) is 72.9 cm³/mol. The van der Waals surface area contributed by atoms with E-state index in [4.69, 9.17) is 4.74 Å². The lowest BCUT2D eigenvalue weighted by atomic mass is 10.1. The third kappa shape index (κ3) is 3.73. The highest BCUT2D eigenvalue weighted by Crippen LogP contribution is 2.41. The van der Waals surface area contributed by atoms with Gasteiger partial charge >= 0.3 is 5.97 Å². The number of allylic oxidation sites excluding steroid dienone is 1. The molecule has 1 aromatic carbocycles. The first-order chi connectivity index (χ1) is 8.46. The van der Waals surface area contributed by atoms with Gasteiger partial charge in [-0.15, -0.1) is 0 Å². The van der Waals surface area contributed by atoms with Gasteiger partial charge in [0.2, 0.25) is 0 Å². The summed E-state index contributed by atoms with van der Waals surface area (Å²) < 4.78 is 5.37. The van der Waals surface area contributed by atoms with E-state index in [1.54, 1.807) is 0 Å². The molecule has 0 unspecified atom stereocenters. The van der Waals surface area contributed by atoms with Crippen LogP contribution in [0.1, 0.15) is 32.8 Å². The molecule has 1 saturated carbocycles. The van der Waals surface area contributed by atoms with Gasteiger partial charge < -0.3 is 4.74 Å². The number of carbonyl (C=O) groups is 1. The molecule has 1 aromatic rings. The molecule has 2 heteroatoms. The second kappa shape index (κ2) is 4.97. The van der Waals surface area contributed by atoms with Gasteiger partial charge in [-0.3, -0.25) is 4.79 Å². The van der Waals surface area contributed by atoms with Crippen LogP contribution in [0, 0.1) is 11.8 Å². The molecule has 0 heterocycles. The van der Waals surface area contributed by atoms with Crippen molar-refractivity contribution in [2.24, 2.45) is 11.8 Å². The van der Waals surface area contributed by atoms with Crippen molar-refractivity contribution in [1.82, 2.24) is 0 Å². The first-order valence-corrected chi connectivity index (χ1v) is 6.42. The van der Waals surface area contributed by atoms with Crippen LogP contribution in [-0.4, -0.2) is 11.6 Å². The van der Waals surface area contributed by atoms with Crippen molar-refractivity contribution in [2.45, 2.75) is 32.8 Å². The zero-order valence-electron chi connectivity index (χ0n) is 11.2. The van der Waals surface area contributed by atoms with Crippen LogP contribution in [0.2, 0.25) is 0 Å². The smallest absolute Gasteiger partial charge is 0.310 e. The Morgan fingerprint density at radius 1 is 1.28 bits per heavy atom.